The van der Waals surface area contributed by atoms with Crippen LogP contribution in [0.3, 0.4) is 0 Å². The third kappa shape index (κ3) is 2.29. The number of para-hydroxylation sites is 1. The van der Waals surface area contributed by atoms with E-state index in [1.54, 1.807) is 36.4 Å². The summed E-state index contributed by atoms with van der Waals surface area (Å²) in [5.41, 5.74) is 0.824. The van der Waals surface area contributed by atoms with Crippen molar-refractivity contribution >= 4 is 33.4 Å². The Balaban J connectivity index is 2.18. The molecule has 0 bridgehead atoms. The molecule has 2 aliphatic rings. The van der Waals surface area contributed by atoms with Crippen LogP contribution >= 0.6 is 11.6 Å². The molecular weight excluding hydrogens is 350 g/mol. The van der Waals surface area contributed by atoms with Gasteiger partial charge in [0.25, 0.3) is 10.0 Å². The lowest BCUT2D eigenvalue weighted by Gasteiger charge is -2.38. The molecule has 1 aromatic rings. The molecular formula is C17H16ClNO4S. The zero-order chi connectivity index (χ0) is 17.5. The van der Waals surface area contributed by atoms with Crippen molar-refractivity contribution < 1.29 is 17.9 Å². The number of fused-ring (bicyclic) bond motifs is 1. The Morgan fingerprint density at radius 3 is 2.79 bits per heavy atom. The minimum Gasteiger partial charge on any atom is -0.436 e. The van der Waals surface area contributed by atoms with E-state index in [0.717, 1.165) is 0 Å². The first-order valence-electron chi connectivity index (χ1n) is 7.32. The lowest BCUT2D eigenvalue weighted by molar-refractivity contribution is 0.126. The third-order valence-electron chi connectivity index (χ3n) is 4.27. The molecule has 1 heterocycles. The Hall–Kier alpha value is -2.05. The normalized spacial score (nSPS) is 26.4. The summed E-state index contributed by atoms with van der Waals surface area (Å²) in [5, 5.41) is 0.154. The minimum absolute atomic E-state index is 0.154. The summed E-state index contributed by atoms with van der Waals surface area (Å²) in [6.07, 6.45) is 4.90. The van der Waals surface area contributed by atoms with Crippen LogP contribution in [-0.2, 0) is 14.8 Å². The van der Waals surface area contributed by atoms with Gasteiger partial charge in [0.2, 0.25) is 0 Å². The monoisotopic (exact) mass is 365 g/mol. The fourth-order valence-corrected chi connectivity index (χ4v) is 4.91. The number of sulfonamides is 1. The highest BCUT2D eigenvalue weighted by atomic mass is 35.5. The summed E-state index contributed by atoms with van der Waals surface area (Å²) >= 11 is 6.19. The fraction of sp³-hybridized carbons (Fsp3) is 0.235. The van der Waals surface area contributed by atoms with Crippen LogP contribution in [-0.4, -0.2) is 19.3 Å². The molecule has 3 rings (SSSR count). The fourth-order valence-electron chi connectivity index (χ4n) is 2.78. The third-order valence-corrected chi connectivity index (χ3v) is 7.28. The number of anilines is 1. The predicted molar refractivity (Wildman–Crippen MR) is 93.4 cm³/mol. The summed E-state index contributed by atoms with van der Waals surface area (Å²) in [6.45, 7) is 5.14. The number of hydrogen-bond acceptors (Lipinski definition) is 4. The van der Waals surface area contributed by atoms with Gasteiger partial charge in [-0.05, 0) is 31.6 Å². The average molecular weight is 366 g/mol. The van der Waals surface area contributed by atoms with Crippen LogP contribution < -0.4 is 4.31 Å². The average Bonchev–Trinajstić information content (AvgIpc) is 2.56. The Morgan fingerprint density at radius 2 is 2.12 bits per heavy atom. The van der Waals surface area contributed by atoms with Gasteiger partial charge in [0.05, 0.1) is 5.69 Å². The van der Waals surface area contributed by atoms with Crippen molar-refractivity contribution in [2.24, 2.45) is 0 Å². The van der Waals surface area contributed by atoms with Crippen molar-refractivity contribution in [1.82, 2.24) is 0 Å². The van der Waals surface area contributed by atoms with Gasteiger partial charge >= 0.3 is 6.09 Å². The second kappa shape index (κ2) is 5.79. The molecule has 0 saturated carbocycles. The smallest absolute Gasteiger partial charge is 0.429 e. The van der Waals surface area contributed by atoms with Gasteiger partial charge in [0.1, 0.15) is 10.9 Å². The number of carbonyl (C=O) groups excluding carboxylic acids is 1. The van der Waals surface area contributed by atoms with Gasteiger partial charge in [0.15, 0.2) is 0 Å². The molecule has 1 aliphatic heterocycles. The molecule has 7 heteroatoms. The number of hydrogen-bond donors (Lipinski definition) is 0. The SMILES string of the molecule is C=CC1OC(=O)N(S(=O)(=O)C2(C)CC=CC=C2Cl)c2ccccc21. The number of benzene rings is 1. The second-order valence-electron chi connectivity index (χ2n) is 5.75. The van der Waals surface area contributed by atoms with Gasteiger partial charge < -0.3 is 4.74 Å². The van der Waals surface area contributed by atoms with E-state index in [1.807, 2.05) is 0 Å². The first-order valence-corrected chi connectivity index (χ1v) is 9.14. The molecule has 5 nitrogen and oxygen atoms in total. The number of carbonyl (C=O) groups is 1. The minimum atomic E-state index is -4.16. The van der Waals surface area contributed by atoms with E-state index in [2.05, 4.69) is 6.58 Å². The lowest BCUT2D eigenvalue weighted by Crippen LogP contribution is -2.52. The molecule has 1 aromatic carbocycles. The number of nitrogens with zero attached hydrogens (tertiary/aromatic N) is 1. The topological polar surface area (TPSA) is 63.7 Å². The van der Waals surface area contributed by atoms with Crippen LogP contribution in [0.4, 0.5) is 10.5 Å². The first kappa shape index (κ1) is 16.8. The molecule has 24 heavy (non-hydrogen) atoms. The maximum atomic E-state index is 13.3. The molecule has 0 aromatic heterocycles. The van der Waals surface area contributed by atoms with Crippen LogP contribution in [0.2, 0.25) is 0 Å². The van der Waals surface area contributed by atoms with Crippen molar-refractivity contribution in [2.75, 3.05) is 4.31 Å². The molecule has 0 spiro atoms. The Labute approximate surface area is 145 Å². The zero-order valence-electron chi connectivity index (χ0n) is 13.0. The maximum Gasteiger partial charge on any atom is 0.429 e. The Kier molecular flexibility index (Phi) is 4.05. The van der Waals surface area contributed by atoms with E-state index in [4.69, 9.17) is 16.3 Å². The van der Waals surface area contributed by atoms with E-state index >= 15 is 0 Å². The van der Waals surface area contributed by atoms with Crippen LogP contribution in [0.25, 0.3) is 0 Å². The number of cyclic esters (lactones) is 1. The van der Waals surface area contributed by atoms with Crippen LogP contribution in [0.15, 0.2) is 60.2 Å². The number of rotatable bonds is 3. The molecule has 1 amide bonds. The molecule has 0 saturated heterocycles. The van der Waals surface area contributed by atoms with E-state index in [9.17, 15) is 13.2 Å². The maximum absolute atomic E-state index is 13.3. The zero-order valence-corrected chi connectivity index (χ0v) is 14.5. The highest BCUT2D eigenvalue weighted by Crippen LogP contribution is 2.43. The molecule has 126 valence electrons. The van der Waals surface area contributed by atoms with Crippen molar-refractivity contribution in [3.63, 3.8) is 0 Å². The van der Waals surface area contributed by atoms with Crippen molar-refractivity contribution in [1.29, 1.82) is 0 Å². The largest absolute Gasteiger partial charge is 0.436 e. The molecule has 0 N–H and O–H groups in total. The highest BCUT2D eigenvalue weighted by molar-refractivity contribution is 7.95. The highest BCUT2D eigenvalue weighted by Gasteiger charge is 2.51. The lowest BCUT2D eigenvalue weighted by atomic mass is 10.0. The van der Waals surface area contributed by atoms with Crippen molar-refractivity contribution in [2.45, 2.75) is 24.2 Å². The summed E-state index contributed by atoms with van der Waals surface area (Å²) in [7, 11) is -4.16. The van der Waals surface area contributed by atoms with E-state index in [-0.39, 0.29) is 17.1 Å². The van der Waals surface area contributed by atoms with Gasteiger partial charge in [0, 0.05) is 10.6 Å². The predicted octanol–water partition coefficient (Wildman–Crippen LogP) is 4.04. The first-order chi connectivity index (χ1) is 11.3. The van der Waals surface area contributed by atoms with E-state index in [0.29, 0.717) is 9.87 Å². The van der Waals surface area contributed by atoms with Gasteiger partial charge in [-0.3, -0.25) is 0 Å². The van der Waals surface area contributed by atoms with Crippen molar-refractivity contribution in [3.8, 4) is 0 Å². The standard InChI is InChI=1S/C17H16ClNO4S/c1-3-14-12-8-4-5-9-13(12)19(16(20)23-14)24(21,22)17(2)11-7-6-10-15(17)18/h3-10,14H,1,11H2,2H3. The van der Waals surface area contributed by atoms with Crippen LogP contribution in [0.5, 0.6) is 0 Å². The number of ether oxygens (including phenoxy) is 1. The van der Waals surface area contributed by atoms with E-state index in [1.165, 1.54) is 19.1 Å². The number of halogens is 1. The van der Waals surface area contributed by atoms with Gasteiger partial charge in [-0.2, -0.15) is 4.31 Å². The number of allylic oxidation sites excluding steroid dienone is 3. The van der Waals surface area contributed by atoms with Crippen LogP contribution in [0, 0.1) is 0 Å². The second-order valence-corrected chi connectivity index (χ2v) is 8.37. The van der Waals surface area contributed by atoms with Crippen LogP contribution in [0.1, 0.15) is 25.0 Å². The molecule has 0 radical (unpaired) electrons. The molecule has 1 aliphatic carbocycles. The summed E-state index contributed by atoms with van der Waals surface area (Å²) in [4.78, 5) is 12.5. The van der Waals surface area contributed by atoms with Crippen molar-refractivity contribution in [3.05, 3.63) is 65.7 Å². The van der Waals surface area contributed by atoms with Gasteiger partial charge in [-0.25, -0.2) is 13.2 Å². The Morgan fingerprint density at radius 1 is 1.42 bits per heavy atom. The summed E-state index contributed by atoms with van der Waals surface area (Å²) in [6, 6.07) is 6.69. The van der Waals surface area contributed by atoms with Gasteiger partial charge in [-0.1, -0.05) is 48.5 Å². The summed E-state index contributed by atoms with van der Waals surface area (Å²) < 4.78 is 31.1. The quantitative estimate of drug-likeness (QED) is 0.758. The van der Waals surface area contributed by atoms with Gasteiger partial charge in [-0.15, -0.1) is 0 Å². The Bertz CT molecular complexity index is 874. The molecule has 2 unspecified atom stereocenters. The molecule has 0 fully saturated rings. The number of amides is 1. The summed E-state index contributed by atoms with van der Waals surface area (Å²) in [5.74, 6) is 0. The van der Waals surface area contributed by atoms with E-state index < -0.39 is 27.0 Å². The molecule has 2 atom stereocenters.